The van der Waals surface area contributed by atoms with Gasteiger partial charge in [0, 0.05) is 19.9 Å². The second-order valence-corrected chi connectivity index (χ2v) is 6.14. The Bertz CT molecular complexity index is 766. The van der Waals surface area contributed by atoms with Gasteiger partial charge in [0.15, 0.2) is 0 Å². The summed E-state index contributed by atoms with van der Waals surface area (Å²) in [6.45, 7) is 2.12. The molecule has 1 nitrogen and oxygen atoms in total. The molecule has 0 saturated heterocycles. The number of nitrogens with zero attached hydrogens (tertiary/aromatic N) is 1. The SMILES string of the molecule is Cc1c(Br)c(-c2cccc(Br)c2)nc2ccccc12. The molecule has 0 aliphatic rings. The van der Waals surface area contributed by atoms with Gasteiger partial charge in [0.2, 0.25) is 0 Å². The van der Waals surface area contributed by atoms with E-state index in [2.05, 4.69) is 63.0 Å². The Morgan fingerprint density at radius 3 is 2.53 bits per heavy atom. The van der Waals surface area contributed by atoms with Gasteiger partial charge in [-0.05, 0) is 46.6 Å². The lowest BCUT2D eigenvalue weighted by molar-refractivity contribution is 1.33. The van der Waals surface area contributed by atoms with Crippen LogP contribution in [-0.4, -0.2) is 4.98 Å². The van der Waals surface area contributed by atoms with E-state index < -0.39 is 0 Å². The Morgan fingerprint density at radius 1 is 0.947 bits per heavy atom. The summed E-state index contributed by atoms with van der Waals surface area (Å²) in [5, 5.41) is 1.19. The molecule has 0 bridgehead atoms. The average molecular weight is 377 g/mol. The van der Waals surface area contributed by atoms with Gasteiger partial charge >= 0.3 is 0 Å². The minimum Gasteiger partial charge on any atom is -0.247 e. The second-order valence-electron chi connectivity index (χ2n) is 4.43. The standard InChI is InChI=1S/C16H11Br2N/c1-10-13-7-2-3-8-14(13)19-16(15(10)18)11-5-4-6-12(17)9-11/h2-9H,1H3. The molecule has 0 unspecified atom stereocenters. The van der Waals surface area contributed by atoms with Crippen LogP contribution in [0.15, 0.2) is 57.5 Å². The van der Waals surface area contributed by atoms with Crippen LogP contribution in [0.4, 0.5) is 0 Å². The molecule has 0 amide bonds. The molecule has 3 heteroatoms. The Balaban J connectivity index is 2.33. The molecule has 3 aromatic rings. The Morgan fingerprint density at radius 2 is 1.74 bits per heavy atom. The van der Waals surface area contributed by atoms with Crippen LogP contribution in [0.3, 0.4) is 0 Å². The number of fused-ring (bicyclic) bond motifs is 1. The lowest BCUT2D eigenvalue weighted by atomic mass is 10.1. The Kier molecular flexibility index (Phi) is 3.42. The van der Waals surface area contributed by atoms with E-state index in [1.165, 1.54) is 10.9 Å². The zero-order valence-electron chi connectivity index (χ0n) is 10.3. The van der Waals surface area contributed by atoms with Gasteiger partial charge in [0.1, 0.15) is 0 Å². The van der Waals surface area contributed by atoms with Gasteiger partial charge in [0.25, 0.3) is 0 Å². The summed E-state index contributed by atoms with van der Waals surface area (Å²) in [7, 11) is 0. The van der Waals surface area contributed by atoms with Crippen molar-refractivity contribution in [2.24, 2.45) is 0 Å². The normalized spacial score (nSPS) is 10.9. The zero-order chi connectivity index (χ0) is 13.4. The number of rotatable bonds is 1. The molecule has 19 heavy (non-hydrogen) atoms. The molecule has 0 atom stereocenters. The van der Waals surface area contributed by atoms with Gasteiger partial charge in [-0.2, -0.15) is 0 Å². The molecule has 0 aliphatic carbocycles. The van der Waals surface area contributed by atoms with Gasteiger partial charge in [-0.3, -0.25) is 0 Å². The summed E-state index contributed by atoms with van der Waals surface area (Å²) in [6.07, 6.45) is 0. The number of pyridine rings is 1. The summed E-state index contributed by atoms with van der Waals surface area (Å²) < 4.78 is 2.12. The molecule has 3 rings (SSSR count). The summed E-state index contributed by atoms with van der Waals surface area (Å²) in [5.74, 6) is 0. The molecule has 0 saturated carbocycles. The molecular formula is C16H11Br2N. The summed E-state index contributed by atoms with van der Waals surface area (Å²) >= 11 is 7.19. The lowest BCUT2D eigenvalue weighted by Crippen LogP contribution is -1.91. The minimum absolute atomic E-state index is 0.984. The van der Waals surface area contributed by atoms with Crippen molar-refractivity contribution >= 4 is 42.8 Å². The molecule has 1 heterocycles. The van der Waals surface area contributed by atoms with Crippen molar-refractivity contribution < 1.29 is 0 Å². The zero-order valence-corrected chi connectivity index (χ0v) is 13.5. The maximum absolute atomic E-state index is 4.78. The van der Waals surface area contributed by atoms with E-state index in [1.54, 1.807) is 0 Å². The largest absolute Gasteiger partial charge is 0.247 e. The van der Waals surface area contributed by atoms with Crippen molar-refractivity contribution in [1.82, 2.24) is 4.98 Å². The smallest absolute Gasteiger partial charge is 0.0854 e. The van der Waals surface area contributed by atoms with Gasteiger partial charge in [0.05, 0.1) is 11.2 Å². The third-order valence-corrected chi connectivity index (χ3v) is 4.64. The number of aromatic nitrogens is 1. The van der Waals surface area contributed by atoms with Crippen LogP contribution in [0.1, 0.15) is 5.56 Å². The van der Waals surface area contributed by atoms with E-state index in [1.807, 2.05) is 24.3 Å². The predicted octanol–water partition coefficient (Wildman–Crippen LogP) is 5.74. The first-order chi connectivity index (χ1) is 9.16. The van der Waals surface area contributed by atoms with E-state index in [4.69, 9.17) is 4.98 Å². The van der Waals surface area contributed by atoms with E-state index >= 15 is 0 Å². The third-order valence-electron chi connectivity index (χ3n) is 3.18. The third kappa shape index (κ3) is 2.33. The average Bonchev–Trinajstić information content (AvgIpc) is 2.43. The van der Waals surface area contributed by atoms with Crippen molar-refractivity contribution in [3.63, 3.8) is 0 Å². The van der Waals surface area contributed by atoms with E-state index in [0.29, 0.717) is 0 Å². The van der Waals surface area contributed by atoms with Crippen molar-refractivity contribution in [3.05, 3.63) is 63.0 Å². The molecule has 0 radical (unpaired) electrons. The Hall–Kier alpha value is -1.19. The van der Waals surface area contributed by atoms with Crippen molar-refractivity contribution in [2.75, 3.05) is 0 Å². The van der Waals surface area contributed by atoms with Crippen LogP contribution in [0.2, 0.25) is 0 Å². The van der Waals surface area contributed by atoms with Crippen LogP contribution in [-0.2, 0) is 0 Å². The van der Waals surface area contributed by atoms with Gasteiger partial charge in [-0.1, -0.05) is 46.3 Å². The van der Waals surface area contributed by atoms with Crippen LogP contribution in [0.5, 0.6) is 0 Å². The first-order valence-electron chi connectivity index (χ1n) is 5.97. The fraction of sp³-hybridized carbons (Fsp3) is 0.0625. The van der Waals surface area contributed by atoms with Gasteiger partial charge in [-0.25, -0.2) is 4.98 Å². The topological polar surface area (TPSA) is 12.9 Å². The maximum atomic E-state index is 4.78. The minimum atomic E-state index is 0.984. The van der Waals surface area contributed by atoms with E-state index in [-0.39, 0.29) is 0 Å². The fourth-order valence-electron chi connectivity index (χ4n) is 2.18. The maximum Gasteiger partial charge on any atom is 0.0854 e. The molecule has 0 N–H and O–H groups in total. The van der Waals surface area contributed by atoms with E-state index in [0.717, 1.165) is 25.7 Å². The summed E-state index contributed by atoms with van der Waals surface area (Å²) in [4.78, 5) is 4.78. The molecule has 2 aromatic carbocycles. The van der Waals surface area contributed by atoms with Gasteiger partial charge in [-0.15, -0.1) is 0 Å². The second kappa shape index (κ2) is 5.06. The number of halogens is 2. The summed E-state index contributed by atoms with van der Waals surface area (Å²) in [5.41, 5.74) is 4.34. The number of aryl methyl sites for hydroxylation is 1. The molecule has 94 valence electrons. The monoisotopic (exact) mass is 375 g/mol. The highest BCUT2D eigenvalue weighted by atomic mass is 79.9. The highest BCUT2D eigenvalue weighted by Gasteiger charge is 2.11. The van der Waals surface area contributed by atoms with Crippen molar-refractivity contribution in [1.29, 1.82) is 0 Å². The fourth-order valence-corrected chi connectivity index (χ4v) is 3.11. The van der Waals surface area contributed by atoms with Crippen LogP contribution in [0.25, 0.3) is 22.2 Å². The van der Waals surface area contributed by atoms with Crippen molar-refractivity contribution in [3.8, 4) is 11.3 Å². The van der Waals surface area contributed by atoms with Crippen LogP contribution in [0, 0.1) is 6.92 Å². The number of hydrogen-bond donors (Lipinski definition) is 0. The molecule has 1 aromatic heterocycles. The lowest BCUT2D eigenvalue weighted by Gasteiger charge is -2.10. The van der Waals surface area contributed by atoms with Gasteiger partial charge < -0.3 is 0 Å². The molecule has 0 spiro atoms. The highest BCUT2D eigenvalue weighted by molar-refractivity contribution is 9.11. The number of hydrogen-bond acceptors (Lipinski definition) is 1. The number of benzene rings is 2. The Labute approximate surface area is 128 Å². The molecular weight excluding hydrogens is 366 g/mol. The molecule has 0 aliphatic heterocycles. The first kappa shape index (κ1) is 12.8. The van der Waals surface area contributed by atoms with Crippen LogP contribution < -0.4 is 0 Å². The quantitative estimate of drug-likeness (QED) is 0.528. The molecule has 0 fully saturated rings. The van der Waals surface area contributed by atoms with E-state index in [9.17, 15) is 0 Å². The predicted molar refractivity (Wildman–Crippen MR) is 87.3 cm³/mol. The first-order valence-corrected chi connectivity index (χ1v) is 7.56. The highest BCUT2D eigenvalue weighted by Crippen LogP contribution is 2.34. The van der Waals surface area contributed by atoms with Crippen LogP contribution >= 0.6 is 31.9 Å². The number of para-hydroxylation sites is 1. The summed E-state index contributed by atoms with van der Waals surface area (Å²) in [6, 6.07) is 16.4. The van der Waals surface area contributed by atoms with Crippen molar-refractivity contribution in [2.45, 2.75) is 6.92 Å².